The standard InChI is InChI=1S/C29H43N7O4/c1-21-27(36(23-8-5-6-9-23)15-12-26(37)34(21)3)33-29(30-2)32-24-11-10-22(20-25(24)39-4)28(38)31-13-7-14-35-16-18-40-19-17-35/h10-11,20,23H,2,5-9,12-19H2,1,3-4H3,(H,31,38)(H,32,33). The van der Waals surface area contributed by atoms with Gasteiger partial charge in [-0.2, -0.15) is 4.99 Å². The van der Waals surface area contributed by atoms with Gasteiger partial charge in [0, 0.05) is 51.3 Å². The number of nitrogens with zero attached hydrogens (tertiary/aromatic N) is 5. The molecule has 1 aliphatic carbocycles. The highest BCUT2D eigenvalue weighted by Crippen LogP contribution is 2.31. The molecule has 0 bridgehead atoms. The third-order valence-electron chi connectivity index (χ3n) is 7.92. The van der Waals surface area contributed by atoms with Crippen LogP contribution in [-0.2, 0) is 9.53 Å². The summed E-state index contributed by atoms with van der Waals surface area (Å²) in [6, 6.07) is 5.57. The summed E-state index contributed by atoms with van der Waals surface area (Å²) >= 11 is 0. The summed E-state index contributed by atoms with van der Waals surface area (Å²) in [6.07, 6.45) is 5.84. The van der Waals surface area contributed by atoms with Gasteiger partial charge in [-0.3, -0.25) is 14.5 Å². The first-order chi connectivity index (χ1) is 19.4. The quantitative estimate of drug-likeness (QED) is 0.275. The molecular weight excluding hydrogens is 510 g/mol. The lowest BCUT2D eigenvalue weighted by Gasteiger charge is -2.31. The first kappa shape index (κ1) is 29.5. The van der Waals surface area contributed by atoms with Gasteiger partial charge in [0.25, 0.3) is 5.91 Å². The van der Waals surface area contributed by atoms with E-state index >= 15 is 0 Å². The fourth-order valence-corrected chi connectivity index (χ4v) is 5.44. The second-order valence-corrected chi connectivity index (χ2v) is 10.4. The number of hydrogen-bond acceptors (Lipinski definition) is 7. The van der Waals surface area contributed by atoms with Crippen molar-refractivity contribution in [3.05, 3.63) is 35.3 Å². The van der Waals surface area contributed by atoms with Crippen molar-refractivity contribution in [1.29, 1.82) is 0 Å². The van der Waals surface area contributed by atoms with Crippen LogP contribution in [0.4, 0.5) is 5.69 Å². The third-order valence-corrected chi connectivity index (χ3v) is 7.92. The van der Waals surface area contributed by atoms with Crippen LogP contribution in [0.15, 0.2) is 39.7 Å². The number of rotatable bonds is 9. The summed E-state index contributed by atoms with van der Waals surface area (Å²) < 4.78 is 11.0. The molecule has 0 radical (unpaired) electrons. The molecule has 218 valence electrons. The second-order valence-electron chi connectivity index (χ2n) is 10.4. The van der Waals surface area contributed by atoms with Gasteiger partial charge in [0.2, 0.25) is 11.9 Å². The number of ether oxygens (including phenoxy) is 2. The number of allylic oxidation sites excluding steroid dienone is 1. The van der Waals surface area contributed by atoms with E-state index in [1.807, 2.05) is 6.92 Å². The summed E-state index contributed by atoms with van der Waals surface area (Å²) in [6.45, 7) is 11.2. The minimum Gasteiger partial charge on any atom is -0.495 e. The highest BCUT2D eigenvalue weighted by atomic mass is 16.5. The zero-order chi connectivity index (χ0) is 28.5. The van der Waals surface area contributed by atoms with Crippen LogP contribution in [0.5, 0.6) is 5.75 Å². The molecule has 40 heavy (non-hydrogen) atoms. The van der Waals surface area contributed by atoms with Crippen LogP contribution in [0.2, 0.25) is 0 Å². The lowest BCUT2D eigenvalue weighted by atomic mass is 10.1. The van der Waals surface area contributed by atoms with Crippen molar-refractivity contribution in [2.24, 2.45) is 9.98 Å². The maximum atomic E-state index is 12.8. The van der Waals surface area contributed by atoms with E-state index in [0.717, 1.165) is 63.6 Å². The Balaban J connectivity index is 1.46. The van der Waals surface area contributed by atoms with Crippen molar-refractivity contribution in [3.8, 4) is 5.75 Å². The molecule has 2 fully saturated rings. The summed E-state index contributed by atoms with van der Waals surface area (Å²) in [5.74, 6) is 1.43. The van der Waals surface area contributed by atoms with Crippen LogP contribution in [-0.4, -0.2) is 105 Å². The Kier molecular flexibility index (Phi) is 10.5. The number of nitrogens with one attached hydrogen (secondary N) is 2. The third kappa shape index (κ3) is 7.39. The molecule has 11 heteroatoms. The summed E-state index contributed by atoms with van der Waals surface area (Å²) in [4.78, 5) is 40.7. The molecule has 2 aliphatic heterocycles. The normalized spacial score (nSPS) is 19.6. The van der Waals surface area contributed by atoms with E-state index in [-0.39, 0.29) is 11.8 Å². The van der Waals surface area contributed by atoms with E-state index < -0.39 is 0 Å². The molecule has 0 spiro atoms. The van der Waals surface area contributed by atoms with Crippen LogP contribution in [0, 0.1) is 0 Å². The van der Waals surface area contributed by atoms with Crippen molar-refractivity contribution in [2.45, 2.75) is 51.5 Å². The number of hydrogen-bond donors (Lipinski definition) is 2. The van der Waals surface area contributed by atoms with Crippen LogP contribution in [0.3, 0.4) is 0 Å². The molecule has 1 aromatic rings. The molecule has 11 nitrogen and oxygen atoms in total. The summed E-state index contributed by atoms with van der Waals surface area (Å²) in [5.41, 5.74) is 1.90. The number of morpholine rings is 1. The van der Waals surface area contributed by atoms with Crippen LogP contribution < -0.4 is 15.4 Å². The van der Waals surface area contributed by atoms with Gasteiger partial charge in [0.15, 0.2) is 5.82 Å². The molecule has 0 unspecified atom stereocenters. The SMILES string of the molecule is C=N/C(=N\C1=C(C)N(C)C(=O)CCN1C1CCCC1)Nc1ccc(C(=O)NCCCN2CCOCC2)cc1OC. The molecule has 0 atom stereocenters. The number of methoxy groups -OCH3 is 1. The number of benzene rings is 1. The van der Waals surface area contributed by atoms with E-state index in [0.29, 0.717) is 48.5 Å². The maximum Gasteiger partial charge on any atom is 0.251 e. The van der Waals surface area contributed by atoms with E-state index in [9.17, 15) is 9.59 Å². The molecule has 4 rings (SSSR count). The largest absolute Gasteiger partial charge is 0.495 e. The van der Waals surface area contributed by atoms with E-state index in [4.69, 9.17) is 14.5 Å². The zero-order valence-electron chi connectivity index (χ0n) is 24.1. The predicted molar refractivity (Wildman–Crippen MR) is 157 cm³/mol. The zero-order valence-corrected chi connectivity index (χ0v) is 24.1. The second kappa shape index (κ2) is 14.3. The van der Waals surface area contributed by atoms with Gasteiger partial charge in [-0.25, -0.2) is 4.99 Å². The molecular formula is C29H43N7O4. The molecule has 3 aliphatic rings. The van der Waals surface area contributed by atoms with Gasteiger partial charge in [-0.1, -0.05) is 12.8 Å². The number of amides is 2. The van der Waals surface area contributed by atoms with Gasteiger partial charge in [-0.05, 0) is 57.6 Å². The van der Waals surface area contributed by atoms with Gasteiger partial charge >= 0.3 is 0 Å². The van der Waals surface area contributed by atoms with Gasteiger partial charge in [0.1, 0.15) is 5.75 Å². The van der Waals surface area contributed by atoms with E-state index in [1.54, 1.807) is 37.3 Å². The van der Waals surface area contributed by atoms with Crippen LogP contribution in [0.25, 0.3) is 0 Å². The molecule has 2 N–H and O–H groups in total. The van der Waals surface area contributed by atoms with Crippen molar-refractivity contribution < 1.29 is 19.1 Å². The average Bonchev–Trinajstić information content (AvgIpc) is 3.49. The number of carbonyl (C=O) groups is 2. The minimum absolute atomic E-state index is 0.0726. The number of anilines is 1. The average molecular weight is 554 g/mol. The van der Waals surface area contributed by atoms with Crippen molar-refractivity contribution >= 4 is 30.2 Å². The highest BCUT2D eigenvalue weighted by molar-refractivity contribution is 6.00. The Morgan fingerprint density at radius 3 is 2.65 bits per heavy atom. The van der Waals surface area contributed by atoms with Crippen LogP contribution >= 0.6 is 0 Å². The van der Waals surface area contributed by atoms with Crippen molar-refractivity contribution in [1.82, 2.24) is 20.0 Å². The highest BCUT2D eigenvalue weighted by Gasteiger charge is 2.31. The van der Waals surface area contributed by atoms with Crippen molar-refractivity contribution in [2.75, 3.05) is 65.4 Å². The number of guanidine groups is 1. The molecule has 2 amide bonds. The summed E-state index contributed by atoms with van der Waals surface area (Å²) in [7, 11) is 3.35. The lowest BCUT2D eigenvalue weighted by molar-refractivity contribution is -0.127. The van der Waals surface area contributed by atoms with E-state index in [1.165, 1.54) is 12.8 Å². The smallest absolute Gasteiger partial charge is 0.251 e. The Bertz CT molecular complexity index is 1120. The lowest BCUT2D eigenvalue weighted by Crippen LogP contribution is -2.38. The molecule has 0 aromatic heterocycles. The van der Waals surface area contributed by atoms with Gasteiger partial charge in [0.05, 0.1) is 31.7 Å². The topological polar surface area (TPSA) is 111 Å². The Morgan fingerprint density at radius 1 is 1.20 bits per heavy atom. The molecule has 1 saturated carbocycles. The Labute approximate surface area is 237 Å². The first-order valence-corrected chi connectivity index (χ1v) is 14.2. The fourth-order valence-electron chi connectivity index (χ4n) is 5.44. The van der Waals surface area contributed by atoms with Crippen molar-refractivity contribution in [3.63, 3.8) is 0 Å². The summed E-state index contributed by atoms with van der Waals surface area (Å²) in [5, 5.41) is 6.21. The monoisotopic (exact) mass is 553 g/mol. The Hall–Kier alpha value is -3.44. The maximum absolute atomic E-state index is 12.8. The molecule has 1 saturated heterocycles. The van der Waals surface area contributed by atoms with Gasteiger partial charge < -0.3 is 29.9 Å². The predicted octanol–water partition coefficient (Wildman–Crippen LogP) is 2.91. The van der Waals surface area contributed by atoms with Gasteiger partial charge in [-0.15, -0.1) is 0 Å². The minimum atomic E-state index is -0.151. The molecule has 2 heterocycles. The number of carbonyl (C=O) groups excluding carboxylic acids is 2. The number of aliphatic imine (C=N–C) groups is 2. The Morgan fingerprint density at radius 2 is 1.95 bits per heavy atom. The fraction of sp³-hybridized carbons (Fsp3) is 0.586. The van der Waals surface area contributed by atoms with Crippen LogP contribution in [0.1, 0.15) is 55.8 Å². The molecule has 1 aromatic carbocycles. The van der Waals surface area contributed by atoms with E-state index in [2.05, 4.69) is 32.1 Å². The first-order valence-electron chi connectivity index (χ1n) is 14.2.